The fourth-order valence-corrected chi connectivity index (χ4v) is 5.85. The molecule has 0 aliphatic rings. The van der Waals surface area contributed by atoms with Gasteiger partial charge in [-0.05, 0) is 88.7 Å². The van der Waals surface area contributed by atoms with Crippen LogP contribution in [0.3, 0.4) is 0 Å². The van der Waals surface area contributed by atoms with Gasteiger partial charge in [-0.2, -0.15) is 0 Å². The summed E-state index contributed by atoms with van der Waals surface area (Å²) < 4.78 is 35.7. The molecular formula is C30H35BrClN3O5S. The van der Waals surface area contributed by atoms with E-state index in [0.717, 1.165) is 14.3 Å². The van der Waals surface area contributed by atoms with Crippen LogP contribution in [0.5, 0.6) is 5.75 Å². The number of nitrogens with one attached hydrogen (secondary N) is 1. The van der Waals surface area contributed by atoms with Crippen molar-refractivity contribution in [2.45, 2.75) is 57.6 Å². The normalized spacial score (nSPS) is 12.4. The zero-order valence-corrected chi connectivity index (χ0v) is 26.9. The van der Waals surface area contributed by atoms with E-state index in [-0.39, 0.29) is 23.0 Å². The molecule has 0 radical (unpaired) electrons. The third-order valence-corrected chi connectivity index (χ3v) is 8.60. The van der Waals surface area contributed by atoms with Crippen molar-refractivity contribution >= 4 is 55.1 Å². The zero-order chi connectivity index (χ0) is 30.4. The molecule has 0 aliphatic heterocycles. The second kappa shape index (κ2) is 13.7. The van der Waals surface area contributed by atoms with Gasteiger partial charge in [0, 0.05) is 21.6 Å². The number of para-hydroxylation sites is 2. The number of halogens is 2. The number of carbonyl (C=O) groups is 2. The van der Waals surface area contributed by atoms with Gasteiger partial charge in [0.1, 0.15) is 18.3 Å². The second-order valence-electron chi connectivity index (χ2n) is 10.4. The van der Waals surface area contributed by atoms with Crippen molar-refractivity contribution in [3.8, 4) is 5.75 Å². The van der Waals surface area contributed by atoms with E-state index >= 15 is 0 Å². The summed E-state index contributed by atoms with van der Waals surface area (Å²) in [7, 11) is -4.25. The predicted octanol–water partition coefficient (Wildman–Crippen LogP) is 6.03. The van der Waals surface area contributed by atoms with Gasteiger partial charge in [-0.15, -0.1) is 0 Å². The molecule has 0 unspecified atom stereocenters. The average molecular weight is 665 g/mol. The lowest BCUT2D eigenvalue weighted by Crippen LogP contribution is -2.54. The summed E-state index contributed by atoms with van der Waals surface area (Å²) in [6.45, 7) is 8.78. The smallest absolute Gasteiger partial charge is 0.264 e. The van der Waals surface area contributed by atoms with Gasteiger partial charge in [0.05, 0.1) is 17.2 Å². The number of amides is 2. The minimum Gasteiger partial charge on any atom is -0.492 e. The van der Waals surface area contributed by atoms with E-state index in [4.69, 9.17) is 16.3 Å². The molecule has 0 fully saturated rings. The summed E-state index contributed by atoms with van der Waals surface area (Å²) in [5, 5.41) is 3.29. The lowest BCUT2D eigenvalue weighted by Gasteiger charge is -2.33. The molecule has 1 N–H and O–H groups in total. The molecule has 0 saturated carbocycles. The monoisotopic (exact) mass is 663 g/mol. The Morgan fingerprint density at radius 1 is 1.00 bits per heavy atom. The Labute approximate surface area is 255 Å². The van der Waals surface area contributed by atoms with Gasteiger partial charge >= 0.3 is 0 Å². The van der Waals surface area contributed by atoms with Crippen LogP contribution in [0.2, 0.25) is 5.02 Å². The van der Waals surface area contributed by atoms with Crippen LogP contribution in [-0.4, -0.2) is 49.9 Å². The number of ether oxygens (including phenoxy) is 1. The largest absolute Gasteiger partial charge is 0.492 e. The molecule has 3 aromatic rings. The van der Waals surface area contributed by atoms with Crippen LogP contribution in [0, 0.1) is 0 Å². The van der Waals surface area contributed by atoms with Crippen LogP contribution in [0.25, 0.3) is 0 Å². The number of sulfonamides is 1. The Balaban J connectivity index is 2.08. The third-order valence-electron chi connectivity index (χ3n) is 6.05. The SMILES string of the molecule is CCOc1ccccc1N(CC(=O)N(Cc1ccc(Br)cc1)[C@H](C)C(=O)NC(C)(C)C)S(=O)(=O)c1ccc(Cl)cc1. The summed E-state index contributed by atoms with van der Waals surface area (Å²) in [4.78, 5) is 28.6. The van der Waals surface area contributed by atoms with Crippen molar-refractivity contribution in [3.63, 3.8) is 0 Å². The number of benzene rings is 3. The van der Waals surface area contributed by atoms with Gasteiger partial charge in [-0.3, -0.25) is 13.9 Å². The lowest BCUT2D eigenvalue weighted by molar-refractivity contribution is -0.140. The van der Waals surface area contributed by atoms with Gasteiger partial charge in [0.15, 0.2) is 0 Å². The van der Waals surface area contributed by atoms with Gasteiger partial charge in [0.2, 0.25) is 11.8 Å². The Bertz CT molecular complexity index is 1460. The Morgan fingerprint density at radius 2 is 1.61 bits per heavy atom. The zero-order valence-electron chi connectivity index (χ0n) is 23.7. The standard InChI is InChI=1S/C30H35BrClN3O5S/c1-6-40-27-10-8-7-9-26(27)35(41(38,39)25-17-15-24(32)16-18-25)20-28(36)34(19-22-11-13-23(31)14-12-22)21(2)29(37)33-30(3,4)5/h7-18,21H,6,19-20H2,1-5H3,(H,33,37)/t21-/m1/s1. The van der Waals surface area contributed by atoms with Gasteiger partial charge in [-0.25, -0.2) is 8.42 Å². The fraction of sp³-hybridized carbons (Fsp3) is 0.333. The highest BCUT2D eigenvalue weighted by molar-refractivity contribution is 9.10. The van der Waals surface area contributed by atoms with Crippen molar-refractivity contribution in [1.29, 1.82) is 0 Å². The molecular weight excluding hydrogens is 630 g/mol. The van der Waals surface area contributed by atoms with Crippen molar-refractivity contribution in [2.24, 2.45) is 0 Å². The van der Waals surface area contributed by atoms with Crippen molar-refractivity contribution in [3.05, 3.63) is 87.9 Å². The van der Waals surface area contributed by atoms with Crippen LogP contribution in [0.1, 0.15) is 40.2 Å². The summed E-state index contributed by atoms with van der Waals surface area (Å²) >= 11 is 9.43. The molecule has 2 amide bonds. The van der Waals surface area contributed by atoms with Crippen LogP contribution < -0.4 is 14.4 Å². The molecule has 0 saturated heterocycles. The fourth-order valence-electron chi connectivity index (χ4n) is 4.03. The van der Waals surface area contributed by atoms with E-state index in [9.17, 15) is 18.0 Å². The van der Waals surface area contributed by atoms with Crippen LogP contribution in [-0.2, 0) is 26.2 Å². The van der Waals surface area contributed by atoms with Crippen molar-refractivity contribution in [1.82, 2.24) is 10.2 Å². The molecule has 220 valence electrons. The third kappa shape index (κ3) is 8.70. The van der Waals surface area contributed by atoms with Crippen LogP contribution in [0.15, 0.2) is 82.2 Å². The first-order valence-electron chi connectivity index (χ1n) is 13.1. The molecule has 0 aromatic heterocycles. The van der Waals surface area contributed by atoms with E-state index < -0.39 is 34.1 Å². The van der Waals surface area contributed by atoms with Gasteiger partial charge < -0.3 is 15.0 Å². The van der Waals surface area contributed by atoms with E-state index in [2.05, 4.69) is 21.2 Å². The van der Waals surface area contributed by atoms with E-state index in [1.54, 1.807) is 38.1 Å². The highest BCUT2D eigenvalue weighted by Gasteiger charge is 2.34. The predicted molar refractivity (Wildman–Crippen MR) is 166 cm³/mol. The minimum atomic E-state index is -4.25. The second-order valence-corrected chi connectivity index (χ2v) is 13.6. The quantitative estimate of drug-likeness (QED) is 0.270. The molecule has 0 bridgehead atoms. The number of hydrogen-bond acceptors (Lipinski definition) is 5. The highest BCUT2D eigenvalue weighted by Crippen LogP contribution is 2.33. The highest BCUT2D eigenvalue weighted by atomic mass is 79.9. The number of nitrogens with zero attached hydrogens (tertiary/aromatic N) is 2. The Morgan fingerprint density at radius 3 is 2.20 bits per heavy atom. The number of anilines is 1. The lowest BCUT2D eigenvalue weighted by atomic mass is 10.1. The average Bonchev–Trinajstić information content (AvgIpc) is 2.91. The van der Waals surface area contributed by atoms with E-state index in [1.807, 2.05) is 45.0 Å². The maximum absolute atomic E-state index is 14.1. The summed E-state index contributed by atoms with van der Waals surface area (Å²) in [5.74, 6) is -0.614. The first kappa shape index (κ1) is 32.4. The molecule has 8 nitrogen and oxygen atoms in total. The van der Waals surface area contributed by atoms with Gasteiger partial charge in [-0.1, -0.05) is 51.8 Å². The number of rotatable bonds is 11. The molecule has 3 aromatic carbocycles. The molecule has 0 spiro atoms. The summed E-state index contributed by atoms with van der Waals surface area (Å²) in [6.07, 6.45) is 0. The molecule has 1 atom stereocenters. The Hall–Kier alpha value is -3.08. The first-order valence-corrected chi connectivity index (χ1v) is 15.7. The molecule has 0 aliphatic carbocycles. The summed E-state index contributed by atoms with van der Waals surface area (Å²) in [5.41, 5.74) is 0.449. The molecule has 3 rings (SSSR count). The number of hydrogen-bond donors (Lipinski definition) is 1. The van der Waals surface area contributed by atoms with Crippen LogP contribution >= 0.6 is 27.5 Å². The maximum atomic E-state index is 14.1. The summed E-state index contributed by atoms with van der Waals surface area (Å²) in [6, 6.07) is 18.8. The molecule has 11 heteroatoms. The minimum absolute atomic E-state index is 0.0426. The Kier molecular flexibility index (Phi) is 10.9. The van der Waals surface area contributed by atoms with E-state index in [1.165, 1.54) is 29.2 Å². The van der Waals surface area contributed by atoms with Gasteiger partial charge in [0.25, 0.3) is 10.0 Å². The first-order chi connectivity index (χ1) is 19.2. The molecule has 0 heterocycles. The van der Waals surface area contributed by atoms with Crippen molar-refractivity contribution in [2.75, 3.05) is 17.5 Å². The topological polar surface area (TPSA) is 96.0 Å². The van der Waals surface area contributed by atoms with Crippen LogP contribution in [0.4, 0.5) is 5.69 Å². The van der Waals surface area contributed by atoms with Crippen molar-refractivity contribution < 1.29 is 22.7 Å². The molecule has 41 heavy (non-hydrogen) atoms. The number of carbonyl (C=O) groups excluding carboxylic acids is 2. The maximum Gasteiger partial charge on any atom is 0.264 e. The van der Waals surface area contributed by atoms with E-state index in [0.29, 0.717) is 17.4 Å².